The number of rotatable bonds is 7. The lowest BCUT2D eigenvalue weighted by Gasteiger charge is -2.23. The highest BCUT2D eigenvalue weighted by molar-refractivity contribution is 6.30. The lowest BCUT2D eigenvalue weighted by molar-refractivity contribution is -0.137. The van der Waals surface area contributed by atoms with Gasteiger partial charge >= 0.3 is 5.97 Å². The molecule has 1 atom stereocenters. The highest BCUT2D eigenvalue weighted by Gasteiger charge is 2.26. The van der Waals surface area contributed by atoms with E-state index in [2.05, 4.69) is 5.32 Å². The number of carboxylic acids is 1. The molecule has 0 aliphatic carbocycles. The number of carbonyl (C=O) groups is 2. The Morgan fingerprint density at radius 2 is 1.29 bits per heavy atom. The van der Waals surface area contributed by atoms with Crippen LogP contribution < -0.4 is 5.32 Å². The van der Waals surface area contributed by atoms with Crippen LogP contribution in [0.15, 0.2) is 84.9 Å². The molecule has 0 aliphatic rings. The fourth-order valence-electron chi connectivity index (χ4n) is 3.16. The fourth-order valence-corrected chi connectivity index (χ4v) is 3.29. The zero-order chi connectivity index (χ0) is 19.9. The van der Waals surface area contributed by atoms with E-state index in [-0.39, 0.29) is 12.3 Å². The Hall–Kier alpha value is -3.11. The fraction of sp³-hybridized carbons (Fsp3) is 0.130. The lowest BCUT2D eigenvalue weighted by Crippen LogP contribution is -2.34. The summed E-state index contributed by atoms with van der Waals surface area (Å²) in [5.41, 5.74) is 2.38. The van der Waals surface area contributed by atoms with Gasteiger partial charge in [-0.3, -0.25) is 9.59 Å². The number of halogens is 1. The Morgan fingerprint density at radius 3 is 1.75 bits per heavy atom. The molecule has 0 bridgehead atoms. The van der Waals surface area contributed by atoms with Gasteiger partial charge in [0.1, 0.15) is 0 Å². The maximum Gasteiger partial charge on any atom is 0.305 e. The van der Waals surface area contributed by atoms with Crippen LogP contribution in [-0.2, 0) is 9.59 Å². The van der Waals surface area contributed by atoms with E-state index < -0.39 is 17.9 Å². The van der Waals surface area contributed by atoms with Gasteiger partial charge in [0, 0.05) is 5.02 Å². The summed E-state index contributed by atoms with van der Waals surface area (Å²) >= 11 is 5.93. The van der Waals surface area contributed by atoms with Crippen molar-refractivity contribution >= 4 is 23.5 Å². The molecule has 0 saturated heterocycles. The van der Waals surface area contributed by atoms with Crippen LogP contribution in [0.4, 0.5) is 0 Å². The minimum atomic E-state index is -0.990. The molecule has 1 unspecified atom stereocenters. The van der Waals surface area contributed by atoms with E-state index in [0.29, 0.717) is 10.6 Å². The molecule has 0 spiro atoms. The van der Waals surface area contributed by atoms with E-state index in [0.717, 1.165) is 11.1 Å². The molecule has 0 aliphatic heterocycles. The van der Waals surface area contributed by atoms with Gasteiger partial charge in [-0.25, -0.2) is 0 Å². The average Bonchev–Trinajstić information content (AvgIpc) is 2.69. The van der Waals surface area contributed by atoms with E-state index in [1.54, 1.807) is 24.3 Å². The minimum absolute atomic E-state index is 0.219. The zero-order valence-corrected chi connectivity index (χ0v) is 15.8. The van der Waals surface area contributed by atoms with Gasteiger partial charge in [-0.2, -0.15) is 0 Å². The van der Waals surface area contributed by atoms with E-state index in [4.69, 9.17) is 11.6 Å². The van der Waals surface area contributed by atoms with Gasteiger partial charge < -0.3 is 10.4 Å². The van der Waals surface area contributed by atoms with Gasteiger partial charge in [0.05, 0.1) is 18.4 Å². The maximum atomic E-state index is 13.2. The molecule has 0 saturated carbocycles. The molecule has 0 fully saturated rings. The third-order valence-corrected chi connectivity index (χ3v) is 4.75. The quantitative estimate of drug-likeness (QED) is 0.605. The summed E-state index contributed by atoms with van der Waals surface area (Å²) in [6, 6.07) is 25.1. The van der Waals surface area contributed by atoms with E-state index in [1.807, 2.05) is 60.7 Å². The summed E-state index contributed by atoms with van der Waals surface area (Å²) in [6.07, 6.45) is -0.219. The topological polar surface area (TPSA) is 66.4 Å². The first-order valence-corrected chi connectivity index (χ1v) is 9.30. The van der Waals surface area contributed by atoms with Crippen molar-refractivity contribution in [2.75, 3.05) is 0 Å². The van der Waals surface area contributed by atoms with Crippen molar-refractivity contribution in [3.05, 3.63) is 107 Å². The van der Waals surface area contributed by atoms with Crippen molar-refractivity contribution in [2.45, 2.75) is 18.4 Å². The molecule has 3 aromatic carbocycles. The van der Waals surface area contributed by atoms with Crippen molar-refractivity contribution in [1.29, 1.82) is 0 Å². The molecule has 0 aromatic heterocycles. The van der Waals surface area contributed by atoms with Gasteiger partial charge in [-0.1, -0.05) is 84.4 Å². The van der Waals surface area contributed by atoms with Crippen LogP contribution in [-0.4, -0.2) is 17.0 Å². The monoisotopic (exact) mass is 393 g/mol. The molecule has 0 heterocycles. The Bertz CT molecular complexity index is 888. The van der Waals surface area contributed by atoms with Crippen molar-refractivity contribution in [3.63, 3.8) is 0 Å². The number of hydrogen-bond acceptors (Lipinski definition) is 2. The van der Waals surface area contributed by atoms with Crippen LogP contribution in [0.1, 0.15) is 35.1 Å². The minimum Gasteiger partial charge on any atom is -0.481 e. The first-order valence-electron chi connectivity index (χ1n) is 8.92. The SMILES string of the molecule is O=C(O)CC(NC(=O)C(c1ccccc1)c1ccccc1)c1ccc(Cl)cc1. The molecule has 5 heteroatoms. The smallest absolute Gasteiger partial charge is 0.305 e. The second-order valence-electron chi connectivity index (χ2n) is 6.46. The van der Waals surface area contributed by atoms with Crippen LogP contribution in [0.3, 0.4) is 0 Å². The molecule has 142 valence electrons. The Balaban J connectivity index is 1.92. The highest BCUT2D eigenvalue weighted by Crippen LogP contribution is 2.27. The molecule has 3 aromatic rings. The first kappa shape index (κ1) is 19.6. The lowest BCUT2D eigenvalue weighted by atomic mass is 9.90. The van der Waals surface area contributed by atoms with E-state index in [1.165, 1.54) is 0 Å². The summed E-state index contributed by atoms with van der Waals surface area (Å²) in [6.45, 7) is 0. The number of carboxylic acid groups (broad SMARTS) is 1. The number of nitrogens with one attached hydrogen (secondary N) is 1. The summed E-state index contributed by atoms with van der Waals surface area (Å²) in [5, 5.41) is 12.8. The molecule has 0 radical (unpaired) electrons. The summed E-state index contributed by atoms with van der Waals surface area (Å²) < 4.78 is 0. The summed E-state index contributed by atoms with van der Waals surface area (Å²) in [7, 11) is 0. The number of aliphatic carboxylic acids is 1. The van der Waals surface area contributed by atoms with Crippen molar-refractivity contribution in [1.82, 2.24) is 5.32 Å². The second-order valence-corrected chi connectivity index (χ2v) is 6.90. The Labute approximate surface area is 168 Å². The first-order chi connectivity index (χ1) is 13.5. The number of benzene rings is 3. The third kappa shape index (κ3) is 4.99. The predicted molar refractivity (Wildman–Crippen MR) is 109 cm³/mol. The van der Waals surface area contributed by atoms with Gasteiger partial charge in [-0.15, -0.1) is 0 Å². The van der Waals surface area contributed by atoms with Crippen LogP contribution in [0.5, 0.6) is 0 Å². The number of hydrogen-bond donors (Lipinski definition) is 2. The van der Waals surface area contributed by atoms with Crippen molar-refractivity contribution in [2.24, 2.45) is 0 Å². The molecular formula is C23H20ClNO3. The van der Waals surface area contributed by atoms with Gasteiger partial charge in [0.2, 0.25) is 5.91 Å². The van der Waals surface area contributed by atoms with Crippen LogP contribution >= 0.6 is 11.6 Å². The zero-order valence-electron chi connectivity index (χ0n) is 15.1. The van der Waals surface area contributed by atoms with Gasteiger partial charge in [-0.05, 0) is 28.8 Å². The molecular weight excluding hydrogens is 374 g/mol. The Morgan fingerprint density at radius 1 is 0.786 bits per heavy atom. The summed E-state index contributed by atoms with van der Waals surface area (Å²) in [4.78, 5) is 24.6. The molecule has 2 N–H and O–H groups in total. The number of carbonyl (C=O) groups excluding carboxylic acids is 1. The second kappa shape index (κ2) is 9.20. The Kier molecular flexibility index (Phi) is 6.45. The van der Waals surface area contributed by atoms with Gasteiger partial charge in [0.25, 0.3) is 0 Å². The van der Waals surface area contributed by atoms with Crippen LogP contribution in [0.25, 0.3) is 0 Å². The van der Waals surface area contributed by atoms with Gasteiger partial charge in [0.15, 0.2) is 0 Å². The molecule has 4 nitrogen and oxygen atoms in total. The molecule has 28 heavy (non-hydrogen) atoms. The van der Waals surface area contributed by atoms with Crippen molar-refractivity contribution in [3.8, 4) is 0 Å². The van der Waals surface area contributed by atoms with E-state index >= 15 is 0 Å². The molecule has 1 amide bonds. The third-order valence-electron chi connectivity index (χ3n) is 4.50. The predicted octanol–water partition coefficient (Wildman–Crippen LogP) is 4.80. The standard InChI is InChI=1S/C23H20ClNO3/c24-19-13-11-16(12-14-19)20(15-21(26)27)25-23(28)22(17-7-3-1-4-8-17)18-9-5-2-6-10-18/h1-14,20,22H,15H2,(H,25,28)(H,26,27). The molecule has 3 rings (SSSR count). The van der Waals surface area contributed by atoms with Crippen LogP contribution in [0, 0.1) is 0 Å². The van der Waals surface area contributed by atoms with Crippen molar-refractivity contribution < 1.29 is 14.7 Å². The summed E-state index contributed by atoms with van der Waals surface area (Å²) in [5.74, 6) is -1.78. The number of amides is 1. The maximum absolute atomic E-state index is 13.2. The normalized spacial score (nSPS) is 11.8. The van der Waals surface area contributed by atoms with E-state index in [9.17, 15) is 14.7 Å². The highest BCUT2D eigenvalue weighted by atomic mass is 35.5. The average molecular weight is 394 g/mol. The largest absolute Gasteiger partial charge is 0.481 e. The van der Waals surface area contributed by atoms with Crippen LogP contribution in [0.2, 0.25) is 5.02 Å².